The topological polar surface area (TPSA) is 143 Å². The maximum Gasteiger partial charge on any atom is 0.314 e. The number of nitrogens with zero attached hydrogens (tertiary/aromatic N) is 2. The summed E-state index contributed by atoms with van der Waals surface area (Å²) in [6, 6.07) is 13.7. The van der Waals surface area contributed by atoms with E-state index < -0.39 is 35.3 Å². The Morgan fingerprint density at radius 2 is 1.79 bits per heavy atom. The molecule has 0 unspecified atom stereocenters. The second kappa shape index (κ2) is 9.43. The molecule has 0 spiro atoms. The van der Waals surface area contributed by atoms with Gasteiger partial charge in [-0.25, -0.2) is 10.5 Å². The molecular formula is C23H21N5O5. The Morgan fingerprint density at radius 3 is 2.48 bits per heavy atom. The first kappa shape index (κ1) is 21.9. The van der Waals surface area contributed by atoms with Crippen molar-refractivity contribution < 1.29 is 19.1 Å². The minimum Gasteiger partial charge on any atom is -0.465 e. The molecule has 0 bridgehead atoms. The second-order valence-corrected chi connectivity index (χ2v) is 7.49. The summed E-state index contributed by atoms with van der Waals surface area (Å²) in [7, 11) is 0. The lowest BCUT2D eigenvalue weighted by Gasteiger charge is -2.18. The van der Waals surface area contributed by atoms with E-state index in [1.807, 2.05) is 0 Å². The number of carbonyl (C=O) groups is 3. The number of fused-ring (bicyclic) bond motifs is 1. The van der Waals surface area contributed by atoms with Crippen LogP contribution in [0.3, 0.4) is 0 Å². The van der Waals surface area contributed by atoms with Crippen molar-refractivity contribution in [3.05, 3.63) is 76.2 Å². The molecule has 1 aliphatic heterocycles. The van der Waals surface area contributed by atoms with Gasteiger partial charge in [0.05, 0.1) is 17.9 Å². The van der Waals surface area contributed by atoms with Crippen LogP contribution in [0.1, 0.15) is 35.4 Å². The highest BCUT2D eigenvalue weighted by Gasteiger charge is 2.31. The molecule has 1 aromatic heterocycles. The maximum atomic E-state index is 13.2. The zero-order valence-corrected chi connectivity index (χ0v) is 17.7. The number of amides is 2. The van der Waals surface area contributed by atoms with Crippen LogP contribution in [0, 0.1) is 5.92 Å². The number of hydrogen-bond acceptors (Lipinski definition) is 7. The molecule has 33 heavy (non-hydrogen) atoms. The lowest BCUT2D eigenvalue weighted by molar-refractivity contribution is -0.139. The van der Waals surface area contributed by atoms with Crippen LogP contribution in [0.2, 0.25) is 0 Å². The van der Waals surface area contributed by atoms with Gasteiger partial charge in [0, 0.05) is 23.1 Å². The first-order valence-electron chi connectivity index (χ1n) is 10.3. The van der Waals surface area contributed by atoms with Gasteiger partial charge in [0.1, 0.15) is 5.69 Å². The van der Waals surface area contributed by atoms with Gasteiger partial charge in [-0.15, -0.1) is 0 Å². The van der Waals surface area contributed by atoms with Gasteiger partial charge >= 0.3 is 5.97 Å². The van der Waals surface area contributed by atoms with E-state index in [1.54, 1.807) is 61.5 Å². The Hall–Kier alpha value is -4.34. The molecule has 0 aliphatic carbocycles. The molecule has 1 fully saturated rings. The van der Waals surface area contributed by atoms with Crippen molar-refractivity contribution in [3.63, 3.8) is 0 Å². The van der Waals surface area contributed by atoms with Gasteiger partial charge in [0.2, 0.25) is 0 Å². The summed E-state index contributed by atoms with van der Waals surface area (Å²) in [5.74, 6) is -2.12. The summed E-state index contributed by atoms with van der Waals surface area (Å²) < 4.78 is 4.94. The first-order chi connectivity index (χ1) is 16.0. The number of hydrazone groups is 1. The summed E-state index contributed by atoms with van der Waals surface area (Å²) in [5.41, 5.74) is 2.87. The fourth-order valence-electron chi connectivity index (χ4n) is 3.58. The van der Waals surface area contributed by atoms with Crippen molar-refractivity contribution in [1.82, 2.24) is 20.9 Å². The van der Waals surface area contributed by atoms with Crippen LogP contribution in [0.5, 0.6) is 0 Å². The van der Waals surface area contributed by atoms with Gasteiger partial charge in [-0.3, -0.25) is 19.2 Å². The van der Waals surface area contributed by atoms with Gasteiger partial charge in [-0.2, -0.15) is 10.2 Å². The summed E-state index contributed by atoms with van der Waals surface area (Å²) in [6.45, 7) is 1.91. The number of cyclic esters (lactones) is 1. The Morgan fingerprint density at radius 1 is 1.09 bits per heavy atom. The predicted molar refractivity (Wildman–Crippen MR) is 119 cm³/mol. The fraction of sp³-hybridized carbons (Fsp3) is 0.217. The number of rotatable bonds is 6. The van der Waals surface area contributed by atoms with Crippen molar-refractivity contribution in [1.29, 1.82) is 0 Å². The number of carbonyl (C=O) groups excluding carboxylic acids is 3. The average molecular weight is 447 g/mol. The zero-order chi connectivity index (χ0) is 23.4. The molecule has 3 N–H and O–H groups in total. The third kappa shape index (κ3) is 4.64. The summed E-state index contributed by atoms with van der Waals surface area (Å²) in [6.07, 6.45) is 0.477. The quantitative estimate of drug-likeness (QED) is 0.297. The van der Waals surface area contributed by atoms with Crippen molar-refractivity contribution in [3.8, 4) is 0 Å². The Balaban J connectivity index is 1.68. The van der Waals surface area contributed by atoms with Crippen molar-refractivity contribution in [2.75, 3.05) is 6.61 Å². The smallest absolute Gasteiger partial charge is 0.314 e. The van der Waals surface area contributed by atoms with E-state index in [0.717, 1.165) is 0 Å². The number of benzene rings is 2. The third-order valence-corrected chi connectivity index (χ3v) is 5.35. The summed E-state index contributed by atoms with van der Waals surface area (Å²) in [5, 5.41) is 13.9. The van der Waals surface area contributed by atoms with Gasteiger partial charge < -0.3 is 10.1 Å². The molecule has 10 heteroatoms. The number of esters is 1. The fourth-order valence-corrected chi connectivity index (χ4v) is 3.58. The summed E-state index contributed by atoms with van der Waals surface area (Å²) in [4.78, 5) is 50.0. The van der Waals surface area contributed by atoms with Crippen molar-refractivity contribution in [2.24, 2.45) is 11.0 Å². The Labute approximate surface area is 188 Å². The number of hydrogen-bond donors (Lipinski definition) is 3. The van der Waals surface area contributed by atoms with Crippen LogP contribution in [0.4, 0.5) is 0 Å². The molecule has 0 radical (unpaired) electrons. The van der Waals surface area contributed by atoms with Crippen molar-refractivity contribution in [2.45, 2.75) is 19.4 Å². The van der Waals surface area contributed by atoms with Gasteiger partial charge in [-0.05, 0) is 25.1 Å². The van der Waals surface area contributed by atoms with E-state index >= 15 is 0 Å². The predicted octanol–water partition coefficient (Wildman–Crippen LogP) is 1.45. The average Bonchev–Trinajstić information content (AvgIpc) is 3.28. The zero-order valence-electron chi connectivity index (χ0n) is 17.7. The molecule has 2 heterocycles. The maximum absolute atomic E-state index is 13.2. The highest BCUT2D eigenvalue weighted by Crippen LogP contribution is 2.21. The Kier molecular flexibility index (Phi) is 6.25. The highest BCUT2D eigenvalue weighted by molar-refractivity contribution is 6.03. The number of H-pyrrole nitrogens is 1. The molecule has 168 valence electrons. The van der Waals surface area contributed by atoms with E-state index in [4.69, 9.17) is 4.74 Å². The molecular weight excluding hydrogens is 426 g/mol. The van der Waals surface area contributed by atoms with Crippen molar-refractivity contribution >= 4 is 34.3 Å². The van der Waals surface area contributed by atoms with Crippen LogP contribution in [0.15, 0.2) is 64.5 Å². The van der Waals surface area contributed by atoms with Gasteiger partial charge in [0.15, 0.2) is 6.04 Å². The van der Waals surface area contributed by atoms with Crippen LogP contribution in [-0.4, -0.2) is 40.3 Å². The normalized spacial score (nSPS) is 16.8. The van der Waals surface area contributed by atoms with Gasteiger partial charge in [-0.1, -0.05) is 36.4 Å². The van der Waals surface area contributed by atoms with E-state index in [1.165, 1.54) is 0 Å². The standard InChI is InChI=1S/C23H21N5O5/c1-13(15-11-12-33-23(15)32)25-28-22(31)19(24-20(29)14-7-3-2-4-8-14)18-16-9-5-6-10-17(16)21(30)27-26-18/h2-10,15,19H,11-12H2,1H3,(H,24,29)(H,27,30)(H,28,31)/b25-13-/t15-,19+/m1/s1. The SMILES string of the molecule is C/C(=N/NC(=O)[C@@H](NC(=O)c1ccccc1)c1n[nH]c(=O)c2ccccc12)[C@H]1CCOC1=O. The van der Waals surface area contributed by atoms with E-state index in [-0.39, 0.29) is 5.69 Å². The molecule has 3 aromatic rings. The lowest BCUT2D eigenvalue weighted by atomic mass is 10.0. The van der Waals surface area contributed by atoms with Crippen LogP contribution in [0.25, 0.3) is 10.8 Å². The molecule has 2 aromatic carbocycles. The number of aromatic nitrogens is 2. The number of aromatic amines is 1. The van der Waals surface area contributed by atoms with E-state index in [9.17, 15) is 19.2 Å². The minimum atomic E-state index is -1.27. The largest absolute Gasteiger partial charge is 0.465 e. The van der Waals surface area contributed by atoms with Crippen LogP contribution in [-0.2, 0) is 14.3 Å². The lowest BCUT2D eigenvalue weighted by Crippen LogP contribution is -2.40. The molecule has 4 rings (SSSR count). The number of ether oxygens (including phenoxy) is 1. The summed E-state index contributed by atoms with van der Waals surface area (Å²) >= 11 is 0. The highest BCUT2D eigenvalue weighted by atomic mass is 16.5. The number of nitrogens with one attached hydrogen (secondary N) is 3. The second-order valence-electron chi connectivity index (χ2n) is 7.49. The van der Waals surface area contributed by atoms with E-state index in [2.05, 4.69) is 26.0 Å². The molecule has 2 amide bonds. The van der Waals surface area contributed by atoms with Crippen LogP contribution >= 0.6 is 0 Å². The monoisotopic (exact) mass is 447 g/mol. The van der Waals surface area contributed by atoms with E-state index in [0.29, 0.717) is 35.1 Å². The van der Waals surface area contributed by atoms with Crippen LogP contribution < -0.4 is 16.3 Å². The minimum absolute atomic E-state index is 0.153. The third-order valence-electron chi connectivity index (χ3n) is 5.35. The first-order valence-corrected chi connectivity index (χ1v) is 10.3. The van der Waals surface area contributed by atoms with Gasteiger partial charge in [0.25, 0.3) is 17.4 Å². The molecule has 1 aliphatic rings. The Bertz CT molecular complexity index is 1300. The molecule has 2 atom stereocenters. The molecule has 10 nitrogen and oxygen atoms in total. The molecule has 0 saturated carbocycles. The molecule has 1 saturated heterocycles.